The van der Waals surface area contributed by atoms with Crippen molar-refractivity contribution in [3.8, 4) is 6.07 Å². The number of hydrogen-bond acceptors (Lipinski definition) is 7. The molecule has 2 aromatic heterocycles. The molecule has 0 aliphatic carbocycles. The summed E-state index contributed by atoms with van der Waals surface area (Å²) in [6.45, 7) is 1.99. The number of nitrogens with one attached hydrogen (secondary N) is 1. The van der Waals surface area contributed by atoms with Gasteiger partial charge in [-0.25, -0.2) is 9.97 Å². The standard InChI is InChI=1S/C18H16N4O2S/c1-11(15-8-5-9-25-15)20-17-16(12(10-19)18(23)24-2)21-13-6-3-4-7-14(13)22-17/h3-9,11-12H,1-2H3,(H,20,22)/t11-,12+/m1/s1. The predicted octanol–water partition coefficient (Wildman–Crippen LogP) is 3.64. The minimum absolute atomic E-state index is 0.0359. The molecule has 0 saturated carbocycles. The molecule has 0 aliphatic heterocycles. The molecular formula is C18H16N4O2S. The molecule has 6 nitrogen and oxygen atoms in total. The molecule has 3 rings (SSSR count). The largest absolute Gasteiger partial charge is 0.468 e. The minimum Gasteiger partial charge on any atom is -0.468 e. The second-order valence-electron chi connectivity index (χ2n) is 5.41. The lowest BCUT2D eigenvalue weighted by molar-refractivity contribution is -0.141. The van der Waals surface area contributed by atoms with Crippen molar-refractivity contribution in [1.82, 2.24) is 9.97 Å². The van der Waals surface area contributed by atoms with Gasteiger partial charge in [-0.05, 0) is 30.5 Å². The smallest absolute Gasteiger partial charge is 0.329 e. The Morgan fingerprint density at radius 1 is 1.24 bits per heavy atom. The number of hydrogen-bond donors (Lipinski definition) is 1. The van der Waals surface area contributed by atoms with Gasteiger partial charge in [0, 0.05) is 4.88 Å². The van der Waals surface area contributed by atoms with Gasteiger partial charge in [0.1, 0.15) is 5.69 Å². The van der Waals surface area contributed by atoms with Crippen LogP contribution in [0.3, 0.4) is 0 Å². The first kappa shape index (κ1) is 16.9. The monoisotopic (exact) mass is 352 g/mol. The van der Waals surface area contributed by atoms with Gasteiger partial charge in [-0.2, -0.15) is 5.26 Å². The van der Waals surface area contributed by atoms with Crippen molar-refractivity contribution >= 4 is 34.2 Å². The van der Waals surface area contributed by atoms with Crippen molar-refractivity contribution in [2.75, 3.05) is 12.4 Å². The van der Waals surface area contributed by atoms with Gasteiger partial charge >= 0.3 is 5.97 Å². The molecule has 0 bridgehead atoms. The first-order chi connectivity index (χ1) is 12.1. The summed E-state index contributed by atoms with van der Waals surface area (Å²) in [6.07, 6.45) is 0. The lowest BCUT2D eigenvalue weighted by atomic mass is 10.1. The molecule has 7 heteroatoms. The summed E-state index contributed by atoms with van der Waals surface area (Å²) >= 11 is 1.62. The van der Waals surface area contributed by atoms with Crippen LogP contribution in [0, 0.1) is 11.3 Å². The van der Waals surface area contributed by atoms with Crippen LogP contribution >= 0.6 is 11.3 Å². The second-order valence-corrected chi connectivity index (χ2v) is 6.39. The van der Waals surface area contributed by atoms with Gasteiger partial charge in [0.15, 0.2) is 11.7 Å². The fourth-order valence-corrected chi connectivity index (χ4v) is 3.21. The highest BCUT2D eigenvalue weighted by Crippen LogP contribution is 2.29. The maximum absolute atomic E-state index is 12.0. The zero-order chi connectivity index (χ0) is 17.8. The first-order valence-electron chi connectivity index (χ1n) is 7.68. The van der Waals surface area contributed by atoms with Gasteiger partial charge in [-0.1, -0.05) is 18.2 Å². The Morgan fingerprint density at radius 2 is 1.96 bits per heavy atom. The number of carbonyl (C=O) groups excluding carboxylic acids is 1. The van der Waals surface area contributed by atoms with E-state index in [1.807, 2.05) is 48.7 Å². The van der Waals surface area contributed by atoms with Gasteiger partial charge in [-0.15, -0.1) is 11.3 Å². The highest BCUT2D eigenvalue weighted by Gasteiger charge is 2.28. The Labute approximate surface area is 149 Å². The van der Waals surface area contributed by atoms with E-state index < -0.39 is 11.9 Å². The average molecular weight is 352 g/mol. The van der Waals surface area contributed by atoms with Gasteiger partial charge in [0.25, 0.3) is 0 Å². The number of carbonyl (C=O) groups is 1. The van der Waals surface area contributed by atoms with Crippen LogP contribution in [-0.2, 0) is 9.53 Å². The fourth-order valence-electron chi connectivity index (χ4n) is 2.48. The SMILES string of the molecule is COC(=O)[C@@H](C#N)c1nc2ccccc2nc1N[C@H](C)c1cccs1. The molecular weight excluding hydrogens is 336 g/mol. The van der Waals surface area contributed by atoms with Crippen LogP contribution in [0.2, 0.25) is 0 Å². The molecule has 3 aromatic rings. The number of ether oxygens (including phenoxy) is 1. The maximum Gasteiger partial charge on any atom is 0.329 e. The van der Waals surface area contributed by atoms with E-state index in [0.717, 1.165) is 4.88 Å². The molecule has 0 aliphatic rings. The Kier molecular flexibility index (Phi) is 4.91. The molecule has 0 radical (unpaired) electrons. The van der Waals surface area contributed by atoms with Gasteiger partial charge in [0.2, 0.25) is 0 Å². The van der Waals surface area contributed by atoms with Crippen molar-refractivity contribution < 1.29 is 9.53 Å². The van der Waals surface area contributed by atoms with E-state index in [1.165, 1.54) is 7.11 Å². The van der Waals surface area contributed by atoms with Crippen LogP contribution in [0.5, 0.6) is 0 Å². The number of thiophene rings is 1. The number of para-hydroxylation sites is 2. The van der Waals surface area contributed by atoms with Crippen molar-refractivity contribution in [2.45, 2.75) is 18.9 Å². The predicted molar refractivity (Wildman–Crippen MR) is 96.3 cm³/mol. The molecule has 0 fully saturated rings. The Bertz CT molecular complexity index is 934. The van der Waals surface area contributed by atoms with E-state index in [4.69, 9.17) is 4.74 Å². The maximum atomic E-state index is 12.0. The third-order valence-corrected chi connectivity index (χ3v) is 4.82. The summed E-state index contributed by atoms with van der Waals surface area (Å²) in [7, 11) is 1.25. The third kappa shape index (κ3) is 3.44. The molecule has 0 saturated heterocycles. The number of esters is 1. The van der Waals surface area contributed by atoms with E-state index in [-0.39, 0.29) is 11.7 Å². The quantitative estimate of drug-likeness (QED) is 0.705. The second kappa shape index (κ2) is 7.28. The van der Waals surface area contributed by atoms with Crippen molar-refractivity contribution in [3.05, 3.63) is 52.3 Å². The van der Waals surface area contributed by atoms with Crippen LogP contribution in [0.15, 0.2) is 41.8 Å². The Morgan fingerprint density at radius 3 is 2.56 bits per heavy atom. The van der Waals surface area contributed by atoms with Crippen LogP contribution < -0.4 is 5.32 Å². The minimum atomic E-state index is -1.14. The number of benzene rings is 1. The van der Waals surface area contributed by atoms with Gasteiger partial charge in [0.05, 0.1) is 30.3 Å². The van der Waals surface area contributed by atoms with Crippen molar-refractivity contribution in [1.29, 1.82) is 5.26 Å². The lowest BCUT2D eigenvalue weighted by Crippen LogP contribution is -2.18. The van der Waals surface area contributed by atoms with Gasteiger partial charge in [-0.3, -0.25) is 4.79 Å². The van der Waals surface area contributed by atoms with Crippen LogP contribution in [0.1, 0.15) is 29.5 Å². The summed E-state index contributed by atoms with van der Waals surface area (Å²) in [5.74, 6) is -1.38. The normalized spacial score (nSPS) is 13.0. The number of nitrogens with zero attached hydrogens (tertiary/aromatic N) is 3. The summed E-state index contributed by atoms with van der Waals surface area (Å²) < 4.78 is 4.75. The molecule has 0 amide bonds. The van der Waals surface area contributed by atoms with E-state index in [1.54, 1.807) is 17.4 Å². The molecule has 2 heterocycles. The van der Waals surface area contributed by atoms with E-state index in [9.17, 15) is 10.1 Å². The Balaban J connectivity index is 2.09. The zero-order valence-electron chi connectivity index (χ0n) is 13.8. The van der Waals surface area contributed by atoms with Crippen molar-refractivity contribution in [2.24, 2.45) is 0 Å². The van der Waals surface area contributed by atoms with Crippen LogP contribution in [0.4, 0.5) is 5.82 Å². The lowest BCUT2D eigenvalue weighted by Gasteiger charge is -2.18. The number of rotatable bonds is 5. The molecule has 0 unspecified atom stereocenters. The molecule has 126 valence electrons. The summed E-state index contributed by atoms with van der Waals surface area (Å²) in [6, 6.07) is 13.3. The van der Waals surface area contributed by atoms with E-state index in [0.29, 0.717) is 16.9 Å². The highest BCUT2D eigenvalue weighted by atomic mass is 32.1. The fraction of sp³-hybridized carbons (Fsp3) is 0.222. The van der Waals surface area contributed by atoms with Crippen LogP contribution in [-0.4, -0.2) is 23.0 Å². The number of methoxy groups -OCH3 is 1. The van der Waals surface area contributed by atoms with E-state index >= 15 is 0 Å². The topological polar surface area (TPSA) is 87.9 Å². The molecule has 2 atom stereocenters. The molecule has 1 aromatic carbocycles. The number of aromatic nitrogens is 2. The number of nitriles is 1. The summed E-state index contributed by atoms with van der Waals surface area (Å²) in [4.78, 5) is 22.2. The first-order valence-corrected chi connectivity index (χ1v) is 8.56. The summed E-state index contributed by atoms with van der Waals surface area (Å²) in [5, 5.41) is 14.7. The Hall–Kier alpha value is -2.98. The molecule has 0 spiro atoms. The van der Waals surface area contributed by atoms with Gasteiger partial charge < -0.3 is 10.1 Å². The summed E-state index contributed by atoms with van der Waals surface area (Å²) in [5.41, 5.74) is 1.58. The molecule has 25 heavy (non-hydrogen) atoms. The zero-order valence-corrected chi connectivity index (χ0v) is 14.6. The highest BCUT2D eigenvalue weighted by molar-refractivity contribution is 7.10. The van der Waals surface area contributed by atoms with Crippen LogP contribution in [0.25, 0.3) is 11.0 Å². The van der Waals surface area contributed by atoms with E-state index in [2.05, 4.69) is 15.3 Å². The average Bonchev–Trinajstić information content (AvgIpc) is 3.17. The third-order valence-electron chi connectivity index (χ3n) is 3.76. The van der Waals surface area contributed by atoms with Crippen molar-refractivity contribution in [3.63, 3.8) is 0 Å². The number of anilines is 1. The molecule has 1 N–H and O–H groups in total. The number of fused-ring (bicyclic) bond motifs is 1.